The molecule has 1 amide bonds. The molecule has 1 aliphatic carbocycles. The van der Waals surface area contributed by atoms with Gasteiger partial charge in [0.05, 0.1) is 11.8 Å². The lowest BCUT2D eigenvalue weighted by Crippen LogP contribution is -2.28. The van der Waals surface area contributed by atoms with Gasteiger partial charge in [0.25, 0.3) is 0 Å². The molecule has 1 saturated carbocycles. The second kappa shape index (κ2) is 5.38. The third-order valence-electron chi connectivity index (χ3n) is 3.83. The fourth-order valence-corrected chi connectivity index (χ4v) is 3.85. The fraction of sp³-hybridized carbons (Fsp3) is 0.750. The second-order valence-electron chi connectivity index (χ2n) is 5.35. The van der Waals surface area contributed by atoms with Crippen molar-refractivity contribution in [1.29, 1.82) is 0 Å². The number of nitrogens with one attached hydrogen (secondary N) is 1. The average molecular weight is 314 g/mol. The van der Waals surface area contributed by atoms with Crippen molar-refractivity contribution in [3.05, 3.63) is 11.7 Å². The van der Waals surface area contributed by atoms with Crippen LogP contribution in [0.2, 0.25) is 0 Å². The molecule has 0 bridgehead atoms. The molecular formula is C12H18N4O4S. The topological polar surface area (TPSA) is 105 Å². The van der Waals surface area contributed by atoms with Crippen LogP contribution in [0, 0.1) is 0 Å². The predicted octanol–water partition coefficient (Wildman–Crippen LogP) is 0.335. The molecule has 0 unspecified atom stereocenters. The summed E-state index contributed by atoms with van der Waals surface area (Å²) in [6, 6.07) is -0.191. The van der Waals surface area contributed by atoms with Crippen LogP contribution in [0.25, 0.3) is 0 Å². The first-order valence-electron chi connectivity index (χ1n) is 7.11. The highest BCUT2D eigenvalue weighted by atomic mass is 32.2. The molecular weight excluding hydrogens is 296 g/mol. The van der Waals surface area contributed by atoms with Gasteiger partial charge in [0.2, 0.25) is 21.8 Å². The average Bonchev–Trinajstić information content (AvgIpc) is 3.11. The Kier molecular flexibility index (Phi) is 3.70. The highest BCUT2D eigenvalue weighted by Gasteiger charge is 2.36. The van der Waals surface area contributed by atoms with Crippen molar-refractivity contribution in [2.45, 2.75) is 50.4 Å². The summed E-state index contributed by atoms with van der Waals surface area (Å²) in [4.78, 5) is 17.6. The Balaban J connectivity index is 1.65. The quantitative estimate of drug-likeness (QED) is 0.811. The monoisotopic (exact) mass is 314 g/mol. The predicted molar refractivity (Wildman–Crippen MR) is 72.4 cm³/mol. The summed E-state index contributed by atoms with van der Waals surface area (Å²) in [6.07, 6.45) is 2.55. The van der Waals surface area contributed by atoms with E-state index in [2.05, 4.69) is 14.9 Å². The summed E-state index contributed by atoms with van der Waals surface area (Å²) < 4.78 is 31.1. The van der Waals surface area contributed by atoms with Gasteiger partial charge in [-0.1, -0.05) is 5.16 Å². The molecule has 8 nitrogen and oxygen atoms in total. The van der Waals surface area contributed by atoms with Crippen molar-refractivity contribution >= 4 is 15.9 Å². The van der Waals surface area contributed by atoms with Crippen molar-refractivity contribution < 1.29 is 17.7 Å². The molecule has 3 rings (SSSR count). The molecule has 1 aliphatic heterocycles. The number of hydrogen-bond acceptors (Lipinski definition) is 6. The van der Waals surface area contributed by atoms with E-state index in [1.165, 1.54) is 0 Å². The van der Waals surface area contributed by atoms with Gasteiger partial charge < -0.3 is 9.42 Å². The molecule has 1 saturated heterocycles. The van der Waals surface area contributed by atoms with Gasteiger partial charge in [-0.3, -0.25) is 4.79 Å². The summed E-state index contributed by atoms with van der Waals surface area (Å²) in [5.74, 6) is 0.754. The SMILES string of the molecule is CCN1C(=O)CC[C@H]1c1nc(CNS(=O)(=O)C2CC2)no1. The Morgan fingerprint density at radius 2 is 2.14 bits per heavy atom. The second-order valence-corrected chi connectivity index (χ2v) is 7.39. The number of aromatic nitrogens is 2. The van der Waals surface area contributed by atoms with Gasteiger partial charge in [0, 0.05) is 13.0 Å². The zero-order valence-corrected chi connectivity index (χ0v) is 12.6. The van der Waals surface area contributed by atoms with Crippen LogP contribution < -0.4 is 4.72 Å². The van der Waals surface area contributed by atoms with Crippen LogP contribution in [-0.2, 0) is 21.4 Å². The van der Waals surface area contributed by atoms with Crippen LogP contribution in [0.1, 0.15) is 50.4 Å². The lowest BCUT2D eigenvalue weighted by Gasteiger charge is -2.19. The maximum absolute atomic E-state index is 11.7. The maximum atomic E-state index is 11.7. The normalized spacial score (nSPS) is 23.0. The minimum atomic E-state index is -3.26. The van der Waals surface area contributed by atoms with E-state index in [4.69, 9.17) is 4.52 Å². The molecule has 1 aromatic rings. The van der Waals surface area contributed by atoms with E-state index >= 15 is 0 Å². The molecule has 116 valence electrons. The highest BCUT2D eigenvalue weighted by molar-refractivity contribution is 7.90. The molecule has 0 radical (unpaired) electrons. The van der Waals surface area contributed by atoms with Gasteiger partial charge >= 0.3 is 0 Å². The molecule has 1 N–H and O–H groups in total. The van der Waals surface area contributed by atoms with Crippen LogP contribution in [0.15, 0.2) is 4.52 Å². The number of carbonyl (C=O) groups is 1. The van der Waals surface area contributed by atoms with E-state index in [0.29, 0.717) is 43.9 Å². The summed E-state index contributed by atoms with van der Waals surface area (Å²) in [6.45, 7) is 2.52. The fourth-order valence-electron chi connectivity index (χ4n) is 2.52. The van der Waals surface area contributed by atoms with Crippen LogP contribution in [0.3, 0.4) is 0 Å². The zero-order valence-electron chi connectivity index (χ0n) is 11.8. The largest absolute Gasteiger partial charge is 0.337 e. The minimum Gasteiger partial charge on any atom is -0.337 e. The Morgan fingerprint density at radius 1 is 1.38 bits per heavy atom. The maximum Gasteiger partial charge on any atom is 0.249 e. The molecule has 1 atom stereocenters. The molecule has 2 fully saturated rings. The van der Waals surface area contributed by atoms with E-state index in [0.717, 1.165) is 0 Å². The van der Waals surface area contributed by atoms with Crippen LogP contribution in [-0.4, -0.2) is 41.2 Å². The van der Waals surface area contributed by atoms with E-state index in [1.807, 2.05) is 6.92 Å². The lowest BCUT2D eigenvalue weighted by atomic mass is 10.2. The van der Waals surface area contributed by atoms with Crippen LogP contribution in [0.4, 0.5) is 0 Å². The van der Waals surface area contributed by atoms with Crippen molar-refractivity contribution in [2.75, 3.05) is 6.54 Å². The molecule has 9 heteroatoms. The van der Waals surface area contributed by atoms with E-state index in [9.17, 15) is 13.2 Å². The van der Waals surface area contributed by atoms with Crippen LogP contribution in [0.5, 0.6) is 0 Å². The van der Waals surface area contributed by atoms with Crippen molar-refractivity contribution in [1.82, 2.24) is 19.8 Å². The van der Waals surface area contributed by atoms with Crippen molar-refractivity contribution in [2.24, 2.45) is 0 Å². The summed E-state index contributed by atoms with van der Waals surface area (Å²) in [5.41, 5.74) is 0. The lowest BCUT2D eigenvalue weighted by molar-refractivity contribution is -0.129. The number of sulfonamides is 1. The molecule has 21 heavy (non-hydrogen) atoms. The molecule has 2 aliphatic rings. The standard InChI is InChI=1S/C12H18N4O4S/c1-2-16-9(5-6-11(16)17)12-14-10(15-20-12)7-13-21(18,19)8-3-4-8/h8-9,13H,2-7H2,1H3/t9-/m0/s1. The first-order chi connectivity index (χ1) is 10.0. The summed E-state index contributed by atoms with van der Waals surface area (Å²) >= 11 is 0. The number of amides is 1. The van der Waals surface area contributed by atoms with Crippen molar-refractivity contribution in [3.8, 4) is 0 Å². The van der Waals surface area contributed by atoms with Gasteiger partial charge in [0.15, 0.2) is 5.82 Å². The van der Waals surface area contributed by atoms with Gasteiger partial charge in [-0.05, 0) is 26.2 Å². The summed E-state index contributed by atoms with van der Waals surface area (Å²) in [7, 11) is -3.26. The number of rotatable bonds is 6. The number of hydrogen-bond donors (Lipinski definition) is 1. The zero-order chi connectivity index (χ0) is 15.0. The Morgan fingerprint density at radius 3 is 2.81 bits per heavy atom. The number of likely N-dealkylation sites (tertiary alicyclic amines) is 1. The van der Waals surface area contributed by atoms with E-state index in [1.54, 1.807) is 4.90 Å². The third-order valence-corrected chi connectivity index (χ3v) is 5.73. The first-order valence-corrected chi connectivity index (χ1v) is 8.66. The Labute approximate surface area is 122 Å². The molecule has 0 spiro atoms. The Bertz CT molecular complexity index is 637. The smallest absolute Gasteiger partial charge is 0.249 e. The van der Waals surface area contributed by atoms with Gasteiger partial charge in [0.1, 0.15) is 6.04 Å². The van der Waals surface area contributed by atoms with Crippen LogP contribution >= 0.6 is 0 Å². The van der Waals surface area contributed by atoms with Gasteiger partial charge in [-0.2, -0.15) is 4.98 Å². The Hall–Kier alpha value is -1.48. The van der Waals surface area contributed by atoms with E-state index < -0.39 is 10.0 Å². The number of nitrogens with zero attached hydrogens (tertiary/aromatic N) is 3. The van der Waals surface area contributed by atoms with Gasteiger partial charge in [-0.25, -0.2) is 13.1 Å². The molecule has 1 aromatic heterocycles. The van der Waals surface area contributed by atoms with Gasteiger partial charge in [-0.15, -0.1) is 0 Å². The van der Waals surface area contributed by atoms with Crippen molar-refractivity contribution in [3.63, 3.8) is 0 Å². The minimum absolute atomic E-state index is 0.0229. The third kappa shape index (κ3) is 2.93. The number of carbonyl (C=O) groups excluding carboxylic acids is 1. The molecule has 0 aromatic carbocycles. The van der Waals surface area contributed by atoms with E-state index in [-0.39, 0.29) is 23.7 Å². The summed E-state index contributed by atoms with van der Waals surface area (Å²) in [5, 5.41) is 3.51. The first kappa shape index (κ1) is 14.5. The molecule has 2 heterocycles. The highest BCUT2D eigenvalue weighted by Crippen LogP contribution is 2.31.